The summed E-state index contributed by atoms with van der Waals surface area (Å²) < 4.78 is 0. The lowest BCUT2D eigenvalue weighted by molar-refractivity contribution is 0.102. The maximum absolute atomic E-state index is 12.3. The SMILES string of the molecule is CCNc1cnccc1C(=O)Nc1nc(C2CC2)cs1. The second kappa shape index (κ2) is 5.58. The van der Waals surface area contributed by atoms with E-state index in [4.69, 9.17) is 0 Å². The number of nitrogens with one attached hydrogen (secondary N) is 2. The lowest BCUT2D eigenvalue weighted by Crippen LogP contribution is -2.15. The number of rotatable bonds is 5. The Morgan fingerprint density at radius 1 is 1.50 bits per heavy atom. The van der Waals surface area contributed by atoms with Gasteiger partial charge in [-0.2, -0.15) is 0 Å². The van der Waals surface area contributed by atoms with Crippen LogP contribution in [0.1, 0.15) is 41.7 Å². The first-order valence-electron chi connectivity index (χ1n) is 6.72. The van der Waals surface area contributed by atoms with Crippen LogP contribution < -0.4 is 10.6 Å². The highest BCUT2D eigenvalue weighted by molar-refractivity contribution is 7.14. The number of hydrogen-bond acceptors (Lipinski definition) is 5. The molecular weight excluding hydrogens is 272 g/mol. The molecule has 0 aromatic carbocycles. The molecule has 2 aromatic rings. The van der Waals surface area contributed by atoms with Gasteiger partial charge in [0.05, 0.1) is 23.1 Å². The third-order valence-corrected chi connectivity index (χ3v) is 3.95. The van der Waals surface area contributed by atoms with Crippen LogP contribution in [0.5, 0.6) is 0 Å². The van der Waals surface area contributed by atoms with Gasteiger partial charge in [-0.15, -0.1) is 11.3 Å². The Morgan fingerprint density at radius 2 is 2.35 bits per heavy atom. The van der Waals surface area contributed by atoms with E-state index >= 15 is 0 Å². The zero-order valence-electron chi connectivity index (χ0n) is 11.2. The minimum absolute atomic E-state index is 0.153. The molecule has 6 heteroatoms. The normalized spacial score (nSPS) is 14.1. The van der Waals surface area contributed by atoms with E-state index in [-0.39, 0.29) is 5.91 Å². The van der Waals surface area contributed by atoms with E-state index in [0.717, 1.165) is 17.9 Å². The lowest BCUT2D eigenvalue weighted by atomic mass is 10.2. The predicted octanol–water partition coefficient (Wildman–Crippen LogP) is 3.10. The van der Waals surface area contributed by atoms with E-state index in [9.17, 15) is 4.79 Å². The van der Waals surface area contributed by atoms with Gasteiger partial charge in [-0.1, -0.05) is 0 Å². The Morgan fingerprint density at radius 3 is 3.10 bits per heavy atom. The highest BCUT2D eigenvalue weighted by Gasteiger charge is 2.26. The van der Waals surface area contributed by atoms with Crippen LogP contribution in [-0.4, -0.2) is 22.4 Å². The molecule has 0 aliphatic heterocycles. The number of carbonyl (C=O) groups is 1. The Balaban J connectivity index is 1.74. The smallest absolute Gasteiger partial charge is 0.259 e. The van der Waals surface area contributed by atoms with Gasteiger partial charge in [0.25, 0.3) is 5.91 Å². The second-order valence-electron chi connectivity index (χ2n) is 4.76. The molecule has 2 aromatic heterocycles. The van der Waals surface area contributed by atoms with Gasteiger partial charge >= 0.3 is 0 Å². The zero-order valence-corrected chi connectivity index (χ0v) is 12.0. The largest absolute Gasteiger partial charge is 0.383 e. The summed E-state index contributed by atoms with van der Waals surface area (Å²) in [5.74, 6) is 0.454. The van der Waals surface area contributed by atoms with Crippen LogP contribution in [-0.2, 0) is 0 Å². The quantitative estimate of drug-likeness (QED) is 0.887. The van der Waals surface area contributed by atoms with Gasteiger partial charge in [-0.3, -0.25) is 15.1 Å². The van der Waals surface area contributed by atoms with E-state index < -0.39 is 0 Å². The van der Waals surface area contributed by atoms with Gasteiger partial charge in [0.15, 0.2) is 5.13 Å². The molecule has 1 saturated carbocycles. The number of carbonyl (C=O) groups excluding carboxylic acids is 1. The Kier molecular flexibility index (Phi) is 3.64. The topological polar surface area (TPSA) is 66.9 Å². The number of thiazole rings is 1. The van der Waals surface area contributed by atoms with Crippen molar-refractivity contribution in [2.45, 2.75) is 25.7 Å². The molecule has 2 heterocycles. The van der Waals surface area contributed by atoms with Crippen molar-refractivity contribution in [3.05, 3.63) is 35.1 Å². The summed E-state index contributed by atoms with van der Waals surface area (Å²) in [4.78, 5) is 20.8. The molecule has 0 radical (unpaired) electrons. The molecule has 1 fully saturated rings. The Bertz CT molecular complexity index is 621. The van der Waals surface area contributed by atoms with Crippen molar-refractivity contribution in [1.82, 2.24) is 9.97 Å². The van der Waals surface area contributed by atoms with E-state index in [0.29, 0.717) is 16.6 Å². The van der Waals surface area contributed by atoms with Crippen molar-refractivity contribution in [3.63, 3.8) is 0 Å². The molecule has 0 saturated heterocycles. The minimum Gasteiger partial charge on any atom is -0.383 e. The van der Waals surface area contributed by atoms with Gasteiger partial charge in [-0.05, 0) is 25.8 Å². The molecule has 20 heavy (non-hydrogen) atoms. The zero-order chi connectivity index (χ0) is 13.9. The summed E-state index contributed by atoms with van der Waals surface area (Å²) >= 11 is 1.48. The third-order valence-electron chi connectivity index (χ3n) is 3.17. The van der Waals surface area contributed by atoms with Gasteiger partial charge in [0.2, 0.25) is 0 Å². The van der Waals surface area contributed by atoms with Crippen molar-refractivity contribution in [2.75, 3.05) is 17.2 Å². The number of anilines is 2. The number of pyridine rings is 1. The molecule has 0 unspecified atom stereocenters. The van der Waals surface area contributed by atoms with E-state index in [1.807, 2.05) is 12.3 Å². The van der Waals surface area contributed by atoms with Gasteiger partial charge in [0, 0.05) is 24.0 Å². The van der Waals surface area contributed by atoms with Gasteiger partial charge in [-0.25, -0.2) is 4.98 Å². The molecule has 2 N–H and O–H groups in total. The summed E-state index contributed by atoms with van der Waals surface area (Å²) in [7, 11) is 0. The van der Waals surface area contributed by atoms with Crippen molar-refractivity contribution < 1.29 is 4.79 Å². The minimum atomic E-state index is -0.153. The molecule has 0 spiro atoms. The van der Waals surface area contributed by atoms with Crippen molar-refractivity contribution in [2.24, 2.45) is 0 Å². The predicted molar refractivity (Wildman–Crippen MR) is 80.4 cm³/mol. The van der Waals surface area contributed by atoms with Crippen LogP contribution >= 0.6 is 11.3 Å². The van der Waals surface area contributed by atoms with Crippen LogP contribution in [0.25, 0.3) is 0 Å². The summed E-state index contributed by atoms with van der Waals surface area (Å²) in [6.45, 7) is 2.73. The number of aromatic nitrogens is 2. The van der Waals surface area contributed by atoms with Crippen LogP contribution in [0.15, 0.2) is 23.8 Å². The number of amides is 1. The van der Waals surface area contributed by atoms with Crippen LogP contribution in [0.3, 0.4) is 0 Å². The van der Waals surface area contributed by atoms with E-state index in [1.165, 1.54) is 24.2 Å². The maximum atomic E-state index is 12.3. The Labute approximate surface area is 121 Å². The molecule has 1 aliphatic rings. The molecule has 3 rings (SSSR count). The molecular formula is C14H16N4OS. The molecule has 5 nitrogen and oxygen atoms in total. The summed E-state index contributed by atoms with van der Waals surface area (Å²) in [6, 6.07) is 1.71. The first-order valence-corrected chi connectivity index (χ1v) is 7.60. The first kappa shape index (κ1) is 13.1. The van der Waals surface area contributed by atoms with E-state index in [1.54, 1.807) is 18.5 Å². The molecule has 0 bridgehead atoms. The van der Waals surface area contributed by atoms with Gasteiger partial charge < -0.3 is 5.32 Å². The van der Waals surface area contributed by atoms with E-state index in [2.05, 4.69) is 20.6 Å². The average Bonchev–Trinajstić information content (AvgIpc) is 3.20. The fourth-order valence-corrected chi connectivity index (χ4v) is 2.79. The Hall–Kier alpha value is -1.95. The highest BCUT2D eigenvalue weighted by Crippen LogP contribution is 2.40. The molecule has 104 valence electrons. The fourth-order valence-electron chi connectivity index (χ4n) is 2.00. The van der Waals surface area contributed by atoms with Crippen LogP contribution in [0.2, 0.25) is 0 Å². The lowest BCUT2D eigenvalue weighted by Gasteiger charge is -2.08. The van der Waals surface area contributed by atoms with Crippen molar-refractivity contribution >= 4 is 28.1 Å². The number of hydrogen-bond donors (Lipinski definition) is 2. The molecule has 1 aliphatic carbocycles. The summed E-state index contributed by atoms with van der Waals surface area (Å²) in [5.41, 5.74) is 2.43. The first-order chi connectivity index (χ1) is 9.78. The molecule has 1 amide bonds. The monoisotopic (exact) mass is 288 g/mol. The van der Waals surface area contributed by atoms with Crippen molar-refractivity contribution in [1.29, 1.82) is 0 Å². The summed E-state index contributed by atoms with van der Waals surface area (Å²) in [5, 5.41) is 8.69. The van der Waals surface area contributed by atoms with Crippen LogP contribution in [0.4, 0.5) is 10.8 Å². The van der Waals surface area contributed by atoms with Crippen molar-refractivity contribution in [3.8, 4) is 0 Å². The fraction of sp³-hybridized carbons (Fsp3) is 0.357. The van der Waals surface area contributed by atoms with Crippen LogP contribution in [0, 0.1) is 0 Å². The second-order valence-corrected chi connectivity index (χ2v) is 5.62. The standard InChI is InChI=1S/C14H16N4OS/c1-2-16-11-7-15-6-5-10(11)13(19)18-14-17-12(8-20-14)9-3-4-9/h5-9,16H,2-4H2,1H3,(H,17,18,19). The third kappa shape index (κ3) is 2.80. The highest BCUT2D eigenvalue weighted by atomic mass is 32.1. The molecule has 0 atom stereocenters. The average molecular weight is 288 g/mol. The van der Waals surface area contributed by atoms with Gasteiger partial charge in [0.1, 0.15) is 0 Å². The maximum Gasteiger partial charge on any atom is 0.259 e. The number of nitrogens with zero attached hydrogens (tertiary/aromatic N) is 2. The summed E-state index contributed by atoms with van der Waals surface area (Å²) in [6.07, 6.45) is 5.71.